The average molecular weight is 257 g/mol. The van der Waals surface area contributed by atoms with Crippen molar-refractivity contribution in [1.82, 2.24) is 0 Å². The van der Waals surface area contributed by atoms with Gasteiger partial charge in [-0.05, 0) is 37.0 Å². The average Bonchev–Trinajstić information content (AvgIpc) is 2.28. The molecule has 0 bridgehead atoms. The van der Waals surface area contributed by atoms with E-state index in [4.69, 9.17) is 23.2 Å². The molecule has 0 amide bonds. The summed E-state index contributed by atoms with van der Waals surface area (Å²) in [5.41, 5.74) is 1.18. The van der Waals surface area contributed by atoms with Gasteiger partial charge in [0, 0.05) is 6.42 Å². The fourth-order valence-electron chi connectivity index (χ4n) is 1.35. The first kappa shape index (κ1) is 13.3. The normalized spacial score (nSPS) is 10.9. The van der Waals surface area contributed by atoms with Gasteiger partial charge >= 0.3 is 0 Å². The van der Waals surface area contributed by atoms with Crippen LogP contribution in [0.15, 0.2) is 30.4 Å². The number of carbonyl (C=O) groups excluding carboxylic acids is 1. The number of halogens is 2. The highest BCUT2D eigenvalue weighted by Gasteiger charge is 1.98. The molecule has 0 aliphatic rings. The first-order chi connectivity index (χ1) is 7.74. The second-order valence-corrected chi connectivity index (χ2v) is 4.32. The number of aryl methyl sites for hydroxylation is 1. The van der Waals surface area contributed by atoms with E-state index in [1.54, 1.807) is 0 Å². The first-order valence-corrected chi connectivity index (χ1v) is 6.02. The third kappa shape index (κ3) is 4.82. The molecule has 1 rings (SSSR count). The topological polar surface area (TPSA) is 17.1 Å². The Morgan fingerprint density at radius 2 is 1.75 bits per heavy atom. The van der Waals surface area contributed by atoms with Gasteiger partial charge < -0.3 is 4.79 Å². The van der Waals surface area contributed by atoms with E-state index >= 15 is 0 Å². The Bertz CT molecular complexity index is 372. The molecule has 0 spiro atoms. The van der Waals surface area contributed by atoms with E-state index in [-0.39, 0.29) is 0 Å². The number of carbonyl (C=O) groups is 1. The molecule has 86 valence electrons. The van der Waals surface area contributed by atoms with E-state index in [1.165, 1.54) is 5.56 Å². The fourth-order valence-corrected chi connectivity index (χ4v) is 1.67. The van der Waals surface area contributed by atoms with Crippen LogP contribution < -0.4 is 0 Å². The number of unbranched alkanes of at least 4 members (excludes halogenated alkanes) is 1. The van der Waals surface area contributed by atoms with Crippen molar-refractivity contribution in [1.29, 1.82) is 0 Å². The third-order valence-corrected chi connectivity index (χ3v) is 2.94. The lowest BCUT2D eigenvalue weighted by Gasteiger charge is -2.00. The summed E-state index contributed by atoms with van der Waals surface area (Å²) < 4.78 is 0. The molecule has 0 saturated heterocycles. The van der Waals surface area contributed by atoms with E-state index in [0.717, 1.165) is 25.5 Å². The van der Waals surface area contributed by atoms with Crippen molar-refractivity contribution < 1.29 is 4.79 Å². The number of rotatable bonds is 6. The minimum absolute atomic E-state index is 0.590. The van der Waals surface area contributed by atoms with Gasteiger partial charge in [-0.15, -0.1) is 0 Å². The predicted molar refractivity (Wildman–Crippen MR) is 69.2 cm³/mol. The number of hydrogen-bond donors (Lipinski definition) is 0. The number of allylic oxidation sites excluding steroid dienone is 2. The van der Waals surface area contributed by atoms with Gasteiger partial charge in [-0.2, -0.15) is 0 Å². The van der Waals surface area contributed by atoms with Crippen molar-refractivity contribution in [3.8, 4) is 0 Å². The summed E-state index contributed by atoms with van der Waals surface area (Å²) >= 11 is 11.7. The van der Waals surface area contributed by atoms with Crippen LogP contribution in [0.2, 0.25) is 10.0 Å². The highest BCUT2D eigenvalue weighted by atomic mass is 35.5. The lowest BCUT2D eigenvalue weighted by molar-refractivity contribution is -0.107. The van der Waals surface area contributed by atoms with E-state index < -0.39 is 0 Å². The SMILES string of the molecule is O=CCCC=CCCc1ccc(Cl)c(Cl)c1. The van der Waals surface area contributed by atoms with Gasteiger partial charge in [-0.1, -0.05) is 41.4 Å². The van der Waals surface area contributed by atoms with Crippen molar-refractivity contribution in [3.63, 3.8) is 0 Å². The smallest absolute Gasteiger partial charge is 0.120 e. The van der Waals surface area contributed by atoms with E-state index in [9.17, 15) is 4.79 Å². The Labute approximate surface area is 106 Å². The molecular formula is C13H14Cl2O. The van der Waals surface area contributed by atoms with Crippen LogP contribution in [0.4, 0.5) is 0 Å². The molecule has 0 atom stereocenters. The molecule has 0 aromatic heterocycles. The number of hydrogen-bond acceptors (Lipinski definition) is 1. The quantitative estimate of drug-likeness (QED) is 0.417. The molecule has 0 radical (unpaired) electrons. The van der Waals surface area contributed by atoms with Crippen LogP contribution >= 0.6 is 23.2 Å². The zero-order valence-electron chi connectivity index (χ0n) is 8.96. The van der Waals surface area contributed by atoms with Gasteiger partial charge in [0.05, 0.1) is 10.0 Å². The van der Waals surface area contributed by atoms with Crippen LogP contribution in [0.1, 0.15) is 24.8 Å². The minimum Gasteiger partial charge on any atom is -0.303 e. The molecule has 0 saturated carbocycles. The van der Waals surface area contributed by atoms with Gasteiger partial charge in [-0.3, -0.25) is 0 Å². The van der Waals surface area contributed by atoms with Crippen LogP contribution in [0.5, 0.6) is 0 Å². The number of aldehydes is 1. The molecule has 1 aromatic rings. The maximum absolute atomic E-state index is 10.1. The Hall–Kier alpha value is -0.790. The molecule has 1 aromatic carbocycles. The number of benzene rings is 1. The monoisotopic (exact) mass is 256 g/mol. The largest absolute Gasteiger partial charge is 0.303 e. The summed E-state index contributed by atoms with van der Waals surface area (Å²) in [6.45, 7) is 0. The first-order valence-electron chi connectivity index (χ1n) is 5.26. The molecule has 0 aliphatic carbocycles. The molecule has 3 heteroatoms. The standard InChI is InChI=1S/C13H14Cl2O/c14-12-8-7-11(10-13(12)15)6-4-2-1-3-5-9-16/h1-2,7-10H,3-6H2. The van der Waals surface area contributed by atoms with Gasteiger partial charge in [0.15, 0.2) is 0 Å². The lowest BCUT2D eigenvalue weighted by atomic mass is 10.1. The van der Waals surface area contributed by atoms with Crippen molar-refractivity contribution >= 4 is 29.5 Å². The third-order valence-electron chi connectivity index (χ3n) is 2.20. The molecule has 1 nitrogen and oxygen atoms in total. The van der Waals surface area contributed by atoms with Crippen LogP contribution in [-0.4, -0.2) is 6.29 Å². The second kappa shape index (κ2) is 7.48. The molecular weight excluding hydrogens is 243 g/mol. The minimum atomic E-state index is 0.590. The predicted octanol–water partition coefficient (Wildman–Crippen LogP) is 4.46. The zero-order chi connectivity index (χ0) is 11.8. The van der Waals surface area contributed by atoms with Crippen LogP contribution in [-0.2, 0) is 11.2 Å². The van der Waals surface area contributed by atoms with Gasteiger partial charge in [-0.25, -0.2) is 0 Å². The summed E-state index contributed by atoms with van der Waals surface area (Å²) in [5.74, 6) is 0. The van der Waals surface area contributed by atoms with Crippen LogP contribution in [0.25, 0.3) is 0 Å². The van der Waals surface area contributed by atoms with E-state index in [0.29, 0.717) is 16.5 Å². The van der Waals surface area contributed by atoms with E-state index in [2.05, 4.69) is 6.08 Å². The van der Waals surface area contributed by atoms with Crippen molar-refractivity contribution in [3.05, 3.63) is 46.0 Å². The van der Waals surface area contributed by atoms with Crippen molar-refractivity contribution in [2.75, 3.05) is 0 Å². The summed E-state index contributed by atoms with van der Waals surface area (Å²) in [6.07, 6.45) is 8.38. The van der Waals surface area contributed by atoms with Gasteiger partial charge in [0.2, 0.25) is 0 Å². The van der Waals surface area contributed by atoms with Crippen LogP contribution in [0.3, 0.4) is 0 Å². The molecule has 16 heavy (non-hydrogen) atoms. The van der Waals surface area contributed by atoms with Gasteiger partial charge in [0.25, 0.3) is 0 Å². The van der Waals surface area contributed by atoms with Crippen molar-refractivity contribution in [2.24, 2.45) is 0 Å². The fraction of sp³-hybridized carbons (Fsp3) is 0.308. The Morgan fingerprint density at radius 1 is 1.00 bits per heavy atom. The van der Waals surface area contributed by atoms with Crippen molar-refractivity contribution in [2.45, 2.75) is 25.7 Å². The summed E-state index contributed by atoms with van der Waals surface area (Å²) in [7, 11) is 0. The molecule has 0 fully saturated rings. The Kier molecular flexibility index (Phi) is 6.20. The molecule has 0 heterocycles. The highest BCUT2D eigenvalue weighted by Crippen LogP contribution is 2.23. The maximum atomic E-state index is 10.1. The molecule has 0 unspecified atom stereocenters. The summed E-state index contributed by atoms with van der Waals surface area (Å²) in [4.78, 5) is 10.1. The Morgan fingerprint density at radius 3 is 2.44 bits per heavy atom. The summed E-state index contributed by atoms with van der Waals surface area (Å²) in [6, 6.07) is 5.69. The van der Waals surface area contributed by atoms with Gasteiger partial charge in [0.1, 0.15) is 6.29 Å². The second-order valence-electron chi connectivity index (χ2n) is 3.50. The maximum Gasteiger partial charge on any atom is 0.120 e. The van der Waals surface area contributed by atoms with Crippen LogP contribution in [0, 0.1) is 0 Å². The molecule has 0 aliphatic heterocycles. The highest BCUT2D eigenvalue weighted by molar-refractivity contribution is 6.42. The molecule has 0 N–H and O–H groups in total. The zero-order valence-corrected chi connectivity index (χ0v) is 10.5. The lowest BCUT2D eigenvalue weighted by Crippen LogP contribution is -1.83. The van der Waals surface area contributed by atoms with E-state index in [1.807, 2.05) is 24.3 Å². The Balaban J connectivity index is 2.34. The summed E-state index contributed by atoms with van der Waals surface area (Å²) in [5, 5.41) is 1.19.